The van der Waals surface area contributed by atoms with Gasteiger partial charge < -0.3 is 15.2 Å². The topological polar surface area (TPSA) is 44.5 Å². The highest BCUT2D eigenvalue weighted by Crippen LogP contribution is 2.41. The summed E-state index contributed by atoms with van der Waals surface area (Å²) in [7, 11) is 0. The second-order valence-electron chi connectivity index (χ2n) is 6.48. The van der Waals surface area contributed by atoms with E-state index >= 15 is 0 Å². The maximum atomic E-state index is 6.49. The van der Waals surface area contributed by atoms with Crippen molar-refractivity contribution >= 4 is 11.8 Å². The number of ether oxygens (including phenoxy) is 2. The lowest BCUT2D eigenvalue weighted by Gasteiger charge is -2.40. The summed E-state index contributed by atoms with van der Waals surface area (Å²) in [5.41, 5.74) is 6.65. The van der Waals surface area contributed by atoms with Crippen LogP contribution in [-0.4, -0.2) is 42.5 Å². The zero-order chi connectivity index (χ0) is 13.1. The van der Waals surface area contributed by atoms with E-state index in [9.17, 15) is 0 Å². The first-order valence-corrected chi connectivity index (χ1v) is 9.02. The van der Waals surface area contributed by atoms with Gasteiger partial charge in [0.15, 0.2) is 0 Å². The molecule has 4 atom stereocenters. The first kappa shape index (κ1) is 14.2. The van der Waals surface area contributed by atoms with E-state index in [1.165, 1.54) is 43.6 Å². The molecule has 0 amide bonds. The molecular formula is C15H27NO2S. The molecule has 3 nitrogen and oxygen atoms in total. The van der Waals surface area contributed by atoms with Crippen molar-refractivity contribution < 1.29 is 9.47 Å². The Morgan fingerprint density at radius 1 is 1.26 bits per heavy atom. The van der Waals surface area contributed by atoms with Crippen LogP contribution in [0.5, 0.6) is 0 Å². The Kier molecular flexibility index (Phi) is 4.73. The number of rotatable bonds is 3. The average molecular weight is 285 g/mol. The fourth-order valence-corrected chi connectivity index (χ4v) is 5.16. The molecule has 0 aliphatic carbocycles. The number of hydrogen-bond donors (Lipinski definition) is 1. The molecule has 0 radical (unpaired) electrons. The van der Waals surface area contributed by atoms with Gasteiger partial charge in [-0.1, -0.05) is 0 Å². The molecule has 0 aromatic carbocycles. The van der Waals surface area contributed by atoms with Gasteiger partial charge in [0.1, 0.15) is 0 Å². The third kappa shape index (κ3) is 3.46. The third-order valence-electron chi connectivity index (χ3n) is 5.01. The highest BCUT2D eigenvalue weighted by molar-refractivity contribution is 7.99. The van der Waals surface area contributed by atoms with Crippen LogP contribution in [0.3, 0.4) is 0 Å². The fraction of sp³-hybridized carbons (Fsp3) is 1.00. The van der Waals surface area contributed by atoms with Crippen LogP contribution in [0.4, 0.5) is 0 Å². The zero-order valence-electron chi connectivity index (χ0n) is 11.8. The molecule has 3 aliphatic heterocycles. The molecule has 19 heavy (non-hydrogen) atoms. The Hall–Kier alpha value is 0.230. The molecule has 110 valence electrons. The minimum absolute atomic E-state index is 0.165. The molecular weight excluding hydrogens is 258 g/mol. The molecule has 1 spiro atoms. The smallest absolute Gasteiger partial charge is 0.0783 e. The van der Waals surface area contributed by atoms with Crippen molar-refractivity contribution in [2.75, 3.05) is 24.7 Å². The minimum Gasteiger partial charge on any atom is -0.378 e. The molecule has 0 aromatic heterocycles. The van der Waals surface area contributed by atoms with Gasteiger partial charge >= 0.3 is 0 Å². The molecule has 3 fully saturated rings. The van der Waals surface area contributed by atoms with E-state index in [1.54, 1.807) is 0 Å². The molecule has 3 rings (SSSR count). The Bertz CT molecular complexity index is 288. The Morgan fingerprint density at radius 3 is 2.95 bits per heavy atom. The second kappa shape index (κ2) is 6.33. The minimum atomic E-state index is 0.165. The lowest BCUT2D eigenvalue weighted by atomic mass is 9.79. The molecule has 0 saturated carbocycles. The van der Waals surface area contributed by atoms with Crippen molar-refractivity contribution in [3.63, 3.8) is 0 Å². The van der Waals surface area contributed by atoms with Crippen LogP contribution >= 0.6 is 11.8 Å². The second-order valence-corrected chi connectivity index (χ2v) is 7.58. The van der Waals surface area contributed by atoms with Crippen molar-refractivity contribution in [1.29, 1.82) is 0 Å². The van der Waals surface area contributed by atoms with Gasteiger partial charge in [-0.25, -0.2) is 0 Å². The summed E-state index contributed by atoms with van der Waals surface area (Å²) in [6.45, 7) is 1.84. The van der Waals surface area contributed by atoms with Crippen molar-refractivity contribution in [3.8, 4) is 0 Å². The summed E-state index contributed by atoms with van der Waals surface area (Å²) < 4.78 is 11.9. The molecule has 2 N–H and O–H groups in total. The van der Waals surface area contributed by atoms with Gasteiger partial charge in [-0.05, 0) is 56.6 Å². The summed E-state index contributed by atoms with van der Waals surface area (Å²) in [6.07, 6.45) is 8.75. The third-order valence-corrected chi connectivity index (χ3v) is 6.24. The van der Waals surface area contributed by atoms with Crippen LogP contribution in [0.2, 0.25) is 0 Å². The predicted octanol–water partition coefficient (Wildman–Crippen LogP) is 2.58. The van der Waals surface area contributed by atoms with Crippen LogP contribution in [0.25, 0.3) is 0 Å². The SMILES string of the molecule is NC(CC1CCCCO1)C1CCOC2(CCSC2)C1. The standard InChI is InChI=1S/C15H27NO2S/c16-14(9-13-3-1-2-6-17-13)12-4-7-18-15(10-12)5-8-19-11-15/h12-14H,1-11,16H2. The van der Waals surface area contributed by atoms with E-state index in [0.717, 1.165) is 26.1 Å². The maximum absolute atomic E-state index is 6.49. The van der Waals surface area contributed by atoms with Gasteiger partial charge in [-0.2, -0.15) is 11.8 Å². The van der Waals surface area contributed by atoms with Crippen molar-refractivity contribution in [1.82, 2.24) is 0 Å². The van der Waals surface area contributed by atoms with Crippen LogP contribution in [0.15, 0.2) is 0 Å². The van der Waals surface area contributed by atoms with E-state index in [4.69, 9.17) is 15.2 Å². The average Bonchev–Trinajstić information content (AvgIpc) is 2.88. The van der Waals surface area contributed by atoms with Crippen molar-refractivity contribution in [2.45, 2.75) is 62.7 Å². The fourth-order valence-electron chi connectivity index (χ4n) is 3.78. The largest absolute Gasteiger partial charge is 0.378 e. The lowest BCUT2D eigenvalue weighted by molar-refractivity contribution is -0.0870. The summed E-state index contributed by atoms with van der Waals surface area (Å²) in [5.74, 6) is 3.07. The molecule has 4 unspecified atom stereocenters. The van der Waals surface area contributed by atoms with E-state index in [-0.39, 0.29) is 5.60 Å². The Labute approximate surface area is 121 Å². The zero-order valence-corrected chi connectivity index (χ0v) is 12.6. The van der Waals surface area contributed by atoms with E-state index in [2.05, 4.69) is 0 Å². The van der Waals surface area contributed by atoms with Gasteiger partial charge in [0.2, 0.25) is 0 Å². The normalized spacial score (nSPS) is 41.5. The number of thioether (sulfide) groups is 1. The number of hydrogen-bond acceptors (Lipinski definition) is 4. The quantitative estimate of drug-likeness (QED) is 0.865. The highest BCUT2D eigenvalue weighted by Gasteiger charge is 2.42. The van der Waals surface area contributed by atoms with E-state index in [1.807, 2.05) is 11.8 Å². The first-order chi connectivity index (χ1) is 9.27. The maximum Gasteiger partial charge on any atom is 0.0783 e. The first-order valence-electron chi connectivity index (χ1n) is 7.86. The molecule has 4 heteroatoms. The summed E-state index contributed by atoms with van der Waals surface area (Å²) >= 11 is 2.04. The summed E-state index contributed by atoms with van der Waals surface area (Å²) in [5, 5.41) is 0. The number of nitrogens with two attached hydrogens (primary N) is 1. The van der Waals surface area contributed by atoms with E-state index in [0.29, 0.717) is 18.1 Å². The Morgan fingerprint density at radius 2 is 2.21 bits per heavy atom. The van der Waals surface area contributed by atoms with Crippen LogP contribution in [0.1, 0.15) is 44.9 Å². The lowest BCUT2D eigenvalue weighted by Crippen LogP contribution is -2.46. The van der Waals surface area contributed by atoms with Crippen molar-refractivity contribution in [2.24, 2.45) is 11.7 Å². The highest BCUT2D eigenvalue weighted by atomic mass is 32.2. The van der Waals surface area contributed by atoms with Gasteiger partial charge in [-0.15, -0.1) is 0 Å². The Balaban J connectivity index is 1.52. The summed E-state index contributed by atoms with van der Waals surface area (Å²) in [6, 6.07) is 0.300. The molecule has 3 aliphatic rings. The van der Waals surface area contributed by atoms with Gasteiger partial charge in [0, 0.05) is 25.0 Å². The monoisotopic (exact) mass is 285 g/mol. The molecule has 0 aromatic rings. The molecule has 3 heterocycles. The van der Waals surface area contributed by atoms with E-state index < -0.39 is 0 Å². The van der Waals surface area contributed by atoms with Crippen LogP contribution < -0.4 is 5.73 Å². The van der Waals surface area contributed by atoms with Gasteiger partial charge in [-0.3, -0.25) is 0 Å². The van der Waals surface area contributed by atoms with Crippen LogP contribution in [0, 0.1) is 5.92 Å². The molecule has 0 bridgehead atoms. The molecule has 3 saturated heterocycles. The van der Waals surface area contributed by atoms with Gasteiger partial charge in [0.25, 0.3) is 0 Å². The van der Waals surface area contributed by atoms with Crippen molar-refractivity contribution in [3.05, 3.63) is 0 Å². The summed E-state index contributed by atoms with van der Waals surface area (Å²) in [4.78, 5) is 0. The van der Waals surface area contributed by atoms with Gasteiger partial charge in [0.05, 0.1) is 11.7 Å². The van der Waals surface area contributed by atoms with Crippen LogP contribution in [-0.2, 0) is 9.47 Å². The predicted molar refractivity (Wildman–Crippen MR) is 79.5 cm³/mol.